The number of imidazole rings is 1. The van der Waals surface area contributed by atoms with Crippen molar-refractivity contribution < 1.29 is 9.50 Å². The van der Waals surface area contributed by atoms with E-state index in [1.165, 1.54) is 12.1 Å². The minimum absolute atomic E-state index is 0.277. The zero-order valence-corrected chi connectivity index (χ0v) is 18.5. The lowest BCUT2D eigenvalue weighted by atomic mass is 10.2. The first kappa shape index (κ1) is 22.5. The summed E-state index contributed by atoms with van der Waals surface area (Å²) in [7, 11) is 0. The molecule has 172 valence electrons. The molecule has 0 aliphatic heterocycles. The molecule has 8 nitrogen and oxygen atoms in total. The van der Waals surface area contributed by atoms with Crippen molar-refractivity contribution >= 4 is 28.6 Å². The Morgan fingerprint density at radius 2 is 1.94 bits per heavy atom. The van der Waals surface area contributed by atoms with E-state index in [0.29, 0.717) is 53.7 Å². The summed E-state index contributed by atoms with van der Waals surface area (Å²) in [6.45, 7) is 3.23. The van der Waals surface area contributed by atoms with Gasteiger partial charge in [0.05, 0.1) is 19.0 Å². The predicted molar refractivity (Wildman–Crippen MR) is 128 cm³/mol. The molecule has 0 amide bonds. The third-order valence-corrected chi connectivity index (χ3v) is 5.33. The first-order valence-corrected chi connectivity index (χ1v) is 11.0. The third kappa shape index (κ3) is 5.56. The number of fused-ring (bicyclic) bond motifs is 1. The first-order chi connectivity index (χ1) is 16.0. The second kappa shape index (κ2) is 10.3. The van der Waals surface area contributed by atoms with Crippen molar-refractivity contribution in [2.75, 3.05) is 22.9 Å². The van der Waals surface area contributed by atoms with E-state index in [1.54, 1.807) is 12.4 Å². The van der Waals surface area contributed by atoms with E-state index in [1.807, 2.05) is 41.8 Å². The Morgan fingerprint density at radius 3 is 2.73 bits per heavy atom. The summed E-state index contributed by atoms with van der Waals surface area (Å²) in [5.74, 6) is 0.526. The van der Waals surface area contributed by atoms with Crippen LogP contribution in [0.2, 0.25) is 0 Å². The topological polar surface area (TPSA) is 114 Å². The number of aromatic nitrogens is 4. The number of nitrogen functional groups attached to an aromatic ring is 1. The lowest BCUT2D eigenvalue weighted by Crippen LogP contribution is -2.20. The lowest BCUT2D eigenvalue weighted by molar-refractivity contribution is 0.176. The Morgan fingerprint density at radius 1 is 1.12 bits per heavy atom. The summed E-state index contributed by atoms with van der Waals surface area (Å²) in [6, 6.07) is 14.3. The van der Waals surface area contributed by atoms with Crippen LogP contribution in [0, 0.1) is 5.82 Å². The zero-order chi connectivity index (χ0) is 23.2. The Balaban J connectivity index is 1.65. The van der Waals surface area contributed by atoms with Gasteiger partial charge < -0.3 is 26.0 Å². The van der Waals surface area contributed by atoms with Crippen LogP contribution < -0.4 is 16.4 Å². The standard InChI is InChI=1S/C24H28FN7O/c1-2-6-19(33)13-28-24-30-22(27-12-17-11-18(25)9-10-20(17)26)21-23(31-24)32(15-29-21)14-16-7-4-3-5-8-16/h3-5,7-11,15,19,33H,2,6,12-14,26H2,1H3,(H2,27,28,30,31). The molecule has 0 saturated carbocycles. The lowest BCUT2D eigenvalue weighted by Gasteiger charge is -2.14. The number of nitrogens with two attached hydrogens (primary N) is 1. The number of anilines is 3. The van der Waals surface area contributed by atoms with Gasteiger partial charge in [-0.05, 0) is 35.7 Å². The number of aliphatic hydroxyl groups is 1. The SMILES string of the molecule is CCCC(O)CNc1nc(NCc2cc(F)ccc2N)c2ncn(Cc3ccccc3)c2n1. The maximum Gasteiger partial charge on any atom is 0.226 e. The van der Waals surface area contributed by atoms with E-state index in [4.69, 9.17) is 5.73 Å². The summed E-state index contributed by atoms with van der Waals surface area (Å²) in [5.41, 5.74) is 9.47. The van der Waals surface area contributed by atoms with Gasteiger partial charge in [-0.1, -0.05) is 43.7 Å². The van der Waals surface area contributed by atoms with Crippen LogP contribution in [-0.2, 0) is 13.1 Å². The van der Waals surface area contributed by atoms with E-state index >= 15 is 0 Å². The molecule has 0 aliphatic rings. The third-order valence-electron chi connectivity index (χ3n) is 5.33. The molecule has 0 fully saturated rings. The van der Waals surface area contributed by atoms with Crippen LogP contribution in [0.5, 0.6) is 0 Å². The van der Waals surface area contributed by atoms with Crippen molar-refractivity contribution in [3.05, 3.63) is 71.8 Å². The fourth-order valence-electron chi connectivity index (χ4n) is 3.59. The molecule has 0 spiro atoms. The number of aliphatic hydroxyl groups excluding tert-OH is 1. The van der Waals surface area contributed by atoms with Crippen LogP contribution in [-0.4, -0.2) is 37.3 Å². The monoisotopic (exact) mass is 449 g/mol. The van der Waals surface area contributed by atoms with Crippen LogP contribution in [0.4, 0.5) is 21.8 Å². The van der Waals surface area contributed by atoms with Gasteiger partial charge in [-0.3, -0.25) is 0 Å². The van der Waals surface area contributed by atoms with Crippen LogP contribution in [0.15, 0.2) is 54.9 Å². The van der Waals surface area contributed by atoms with Crippen molar-refractivity contribution in [2.45, 2.75) is 39.0 Å². The van der Waals surface area contributed by atoms with E-state index in [9.17, 15) is 9.50 Å². The Kier molecular flexibility index (Phi) is 6.99. The summed E-state index contributed by atoms with van der Waals surface area (Å²) < 4.78 is 15.6. The van der Waals surface area contributed by atoms with Gasteiger partial charge in [-0.15, -0.1) is 0 Å². The number of nitrogens with zero attached hydrogens (tertiary/aromatic N) is 4. The molecule has 2 aromatic carbocycles. The quantitative estimate of drug-likeness (QED) is 0.272. The second-order valence-electron chi connectivity index (χ2n) is 7.95. The molecule has 0 aliphatic carbocycles. The Hall–Kier alpha value is -3.72. The van der Waals surface area contributed by atoms with Crippen LogP contribution in [0.25, 0.3) is 11.2 Å². The first-order valence-electron chi connectivity index (χ1n) is 11.0. The summed E-state index contributed by atoms with van der Waals surface area (Å²) in [4.78, 5) is 13.7. The highest BCUT2D eigenvalue weighted by atomic mass is 19.1. The van der Waals surface area contributed by atoms with E-state index in [2.05, 4.69) is 25.6 Å². The van der Waals surface area contributed by atoms with Gasteiger partial charge in [0.1, 0.15) is 5.82 Å². The van der Waals surface area contributed by atoms with Gasteiger partial charge >= 0.3 is 0 Å². The number of hydrogen-bond acceptors (Lipinski definition) is 7. The summed E-state index contributed by atoms with van der Waals surface area (Å²) in [5, 5.41) is 16.5. The van der Waals surface area contributed by atoms with E-state index in [0.717, 1.165) is 12.0 Å². The molecule has 0 saturated heterocycles. The van der Waals surface area contributed by atoms with Crippen LogP contribution >= 0.6 is 0 Å². The minimum atomic E-state index is -0.493. The van der Waals surface area contributed by atoms with Crippen molar-refractivity contribution in [3.8, 4) is 0 Å². The van der Waals surface area contributed by atoms with Crippen molar-refractivity contribution in [1.82, 2.24) is 19.5 Å². The average Bonchev–Trinajstić information content (AvgIpc) is 3.21. The fourth-order valence-corrected chi connectivity index (χ4v) is 3.59. The summed E-state index contributed by atoms with van der Waals surface area (Å²) in [6.07, 6.45) is 2.80. The number of hydrogen-bond donors (Lipinski definition) is 4. The minimum Gasteiger partial charge on any atom is -0.398 e. The normalized spacial score (nSPS) is 12.1. The number of halogens is 1. The molecule has 0 bridgehead atoms. The molecular weight excluding hydrogens is 421 g/mol. The van der Waals surface area contributed by atoms with Gasteiger partial charge in [-0.2, -0.15) is 9.97 Å². The Bertz CT molecular complexity index is 1210. The average molecular weight is 450 g/mol. The highest BCUT2D eigenvalue weighted by Gasteiger charge is 2.15. The van der Waals surface area contributed by atoms with Gasteiger partial charge in [0.25, 0.3) is 0 Å². The van der Waals surface area contributed by atoms with E-state index < -0.39 is 6.10 Å². The molecule has 4 aromatic rings. The smallest absolute Gasteiger partial charge is 0.226 e. The van der Waals surface area contributed by atoms with Crippen molar-refractivity contribution in [2.24, 2.45) is 0 Å². The molecule has 9 heteroatoms. The van der Waals surface area contributed by atoms with Gasteiger partial charge in [0.15, 0.2) is 17.0 Å². The van der Waals surface area contributed by atoms with E-state index in [-0.39, 0.29) is 12.4 Å². The Labute approximate surface area is 191 Å². The molecule has 1 atom stereocenters. The fraction of sp³-hybridized carbons (Fsp3) is 0.292. The van der Waals surface area contributed by atoms with Crippen LogP contribution in [0.3, 0.4) is 0 Å². The molecule has 33 heavy (non-hydrogen) atoms. The number of nitrogens with one attached hydrogen (secondary N) is 2. The van der Waals surface area contributed by atoms with Crippen LogP contribution in [0.1, 0.15) is 30.9 Å². The maximum absolute atomic E-state index is 13.7. The largest absolute Gasteiger partial charge is 0.398 e. The summed E-state index contributed by atoms with van der Waals surface area (Å²) >= 11 is 0. The number of benzene rings is 2. The van der Waals surface area contributed by atoms with Crippen molar-refractivity contribution in [1.29, 1.82) is 0 Å². The zero-order valence-electron chi connectivity index (χ0n) is 18.5. The second-order valence-corrected chi connectivity index (χ2v) is 7.95. The van der Waals surface area contributed by atoms with Gasteiger partial charge in [0.2, 0.25) is 5.95 Å². The molecule has 0 radical (unpaired) electrons. The number of rotatable bonds is 10. The predicted octanol–water partition coefficient (Wildman–Crippen LogP) is 3.78. The maximum atomic E-state index is 13.7. The highest BCUT2D eigenvalue weighted by molar-refractivity contribution is 5.84. The van der Waals surface area contributed by atoms with Crippen molar-refractivity contribution in [3.63, 3.8) is 0 Å². The highest BCUT2D eigenvalue weighted by Crippen LogP contribution is 2.23. The molecule has 2 heterocycles. The van der Waals surface area contributed by atoms with Gasteiger partial charge in [-0.25, -0.2) is 9.37 Å². The molecule has 2 aromatic heterocycles. The molecular formula is C24H28FN7O. The molecule has 1 unspecified atom stereocenters. The van der Waals surface area contributed by atoms with Gasteiger partial charge in [0, 0.05) is 18.8 Å². The molecule has 4 rings (SSSR count). The molecule has 5 N–H and O–H groups in total.